The van der Waals surface area contributed by atoms with Crippen molar-refractivity contribution in [3.05, 3.63) is 80.6 Å². The highest BCUT2D eigenvalue weighted by molar-refractivity contribution is 8.26. The van der Waals surface area contributed by atoms with Gasteiger partial charge in [0.2, 0.25) is 0 Å². The zero-order valence-electron chi connectivity index (χ0n) is 19.8. The molecule has 0 aliphatic carbocycles. The lowest BCUT2D eigenvalue weighted by Gasteiger charge is -2.21. The van der Waals surface area contributed by atoms with E-state index in [1.54, 1.807) is 24.4 Å². The molecule has 0 spiro atoms. The Balaban J connectivity index is 1.53. The normalized spacial score (nSPS) is 21.2. The van der Waals surface area contributed by atoms with Crippen LogP contribution in [0.5, 0.6) is 0 Å². The number of nitrogens with zero attached hydrogens (tertiary/aromatic N) is 3. The number of carbonyl (C=O) groups is 1. The fraction of sp³-hybridized carbons (Fsp3) is 0.280. The molecule has 2 saturated heterocycles. The van der Waals surface area contributed by atoms with E-state index in [-0.39, 0.29) is 44.2 Å². The molecular weight excluding hydrogens is 532 g/mol. The van der Waals surface area contributed by atoms with Crippen LogP contribution in [0, 0.1) is 6.92 Å². The third kappa shape index (κ3) is 5.06. The van der Waals surface area contributed by atoms with Gasteiger partial charge in [-0.05, 0) is 36.6 Å². The number of thioether (sulfide) groups is 1. The molecule has 2 aromatic heterocycles. The minimum atomic E-state index is -3.22. The molecule has 0 radical (unpaired) electrons. The predicted molar refractivity (Wildman–Crippen MR) is 148 cm³/mol. The first kappa shape index (κ1) is 25.6. The number of pyridine rings is 1. The van der Waals surface area contributed by atoms with Gasteiger partial charge in [-0.25, -0.2) is 13.4 Å². The number of thiocarbonyl (C=S) groups is 1. The van der Waals surface area contributed by atoms with Crippen LogP contribution in [-0.2, 0) is 14.6 Å². The molecule has 2 aliphatic heterocycles. The van der Waals surface area contributed by atoms with Gasteiger partial charge in [-0.3, -0.25) is 18.9 Å². The highest BCUT2D eigenvalue weighted by atomic mass is 32.2. The number of aromatic nitrogens is 2. The van der Waals surface area contributed by atoms with E-state index < -0.39 is 27.9 Å². The van der Waals surface area contributed by atoms with Crippen molar-refractivity contribution >= 4 is 61.6 Å². The van der Waals surface area contributed by atoms with E-state index in [9.17, 15) is 23.1 Å². The molecule has 1 amide bonds. The summed E-state index contributed by atoms with van der Waals surface area (Å²) in [5.41, 5.74) is 1.69. The Labute approximate surface area is 223 Å². The molecular formula is C25H24N4O5S3. The van der Waals surface area contributed by atoms with Gasteiger partial charge in [0, 0.05) is 12.7 Å². The molecule has 2 atom stereocenters. The van der Waals surface area contributed by atoms with Gasteiger partial charge in [0.05, 0.1) is 34.1 Å². The number of hydrogen-bond acceptors (Lipinski definition) is 9. The summed E-state index contributed by atoms with van der Waals surface area (Å²) in [6.07, 6.45) is 2.52. The van der Waals surface area contributed by atoms with E-state index in [1.165, 1.54) is 15.4 Å². The first-order valence-electron chi connectivity index (χ1n) is 11.6. The zero-order chi connectivity index (χ0) is 26.3. The second-order valence-electron chi connectivity index (χ2n) is 8.98. The maximum Gasteiger partial charge on any atom is 0.267 e. The topological polar surface area (TPSA) is 121 Å². The van der Waals surface area contributed by atoms with Crippen molar-refractivity contribution in [1.29, 1.82) is 0 Å². The number of carbonyl (C=O) groups excluding carboxylic acids is 1. The molecule has 9 nitrogen and oxygen atoms in total. The lowest BCUT2D eigenvalue weighted by atomic mass is 10.1. The SMILES string of the molecule is Cc1cccn2c(=O)c(C=C3SC(=S)N([C@@H]4CCS(=O)(=O)C4)C3=O)c(NC[C@H](O)c3ccccc3)nc12. The summed E-state index contributed by atoms with van der Waals surface area (Å²) in [7, 11) is -3.22. The van der Waals surface area contributed by atoms with Crippen LogP contribution in [0.4, 0.5) is 5.82 Å². The average molecular weight is 557 g/mol. The molecule has 2 N–H and O–H groups in total. The van der Waals surface area contributed by atoms with Crippen LogP contribution in [0.3, 0.4) is 0 Å². The quantitative estimate of drug-likeness (QED) is 0.349. The van der Waals surface area contributed by atoms with Crippen molar-refractivity contribution in [2.24, 2.45) is 0 Å². The van der Waals surface area contributed by atoms with Crippen molar-refractivity contribution in [3.8, 4) is 0 Å². The standard InChI is InChI=1S/C25H24N4O5S3/c1-15-6-5-10-28-22(15)27-21(26-13-19(30)16-7-3-2-4-8-16)18(23(28)31)12-20-24(32)29(25(35)36-20)17-9-11-37(33,34)14-17/h2-8,10,12,17,19,26,30H,9,11,13-14H2,1H3/t17-,19+/m1/s1. The first-order valence-corrected chi connectivity index (χ1v) is 14.7. The van der Waals surface area contributed by atoms with E-state index in [0.717, 1.165) is 17.3 Å². The minimum absolute atomic E-state index is 0.0148. The summed E-state index contributed by atoms with van der Waals surface area (Å²) >= 11 is 6.44. The predicted octanol–water partition coefficient (Wildman–Crippen LogP) is 2.54. The van der Waals surface area contributed by atoms with Gasteiger partial charge < -0.3 is 10.4 Å². The molecule has 192 valence electrons. The van der Waals surface area contributed by atoms with Crippen LogP contribution in [0.25, 0.3) is 11.7 Å². The number of amides is 1. The molecule has 2 aliphatic rings. The van der Waals surface area contributed by atoms with Gasteiger partial charge in [-0.2, -0.15) is 0 Å². The Morgan fingerprint density at radius 1 is 1.24 bits per heavy atom. The third-order valence-corrected chi connectivity index (χ3v) is 9.48. The smallest absolute Gasteiger partial charge is 0.267 e. The number of nitrogens with one attached hydrogen (secondary N) is 1. The summed E-state index contributed by atoms with van der Waals surface area (Å²) in [5.74, 6) is -0.318. The monoisotopic (exact) mass is 556 g/mol. The van der Waals surface area contributed by atoms with Crippen molar-refractivity contribution in [2.45, 2.75) is 25.5 Å². The molecule has 4 heterocycles. The Kier molecular flexibility index (Phi) is 6.92. The fourth-order valence-electron chi connectivity index (χ4n) is 4.47. The molecule has 2 fully saturated rings. The summed E-state index contributed by atoms with van der Waals surface area (Å²) in [4.78, 5) is 33.0. The summed E-state index contributed by atoms with van der Waals surface area (Å²) in [5, 5.41) is 13.7. The number of anilines is 1. The van der Waals surface area contributed by atoms with Crippen LogP contribution in [0.1, 0.15) is 29.2 Å². The molecule has 3 aromatic rings. The molecule has 0 bridgehead atoms. The number of sulfone groups is 1. The Bertz CT molecular complexity index is 1600. The van der Waals surface area contributed by atoms with E-state index >= 15 is 0 Å². The summed E-state index contributed by atoms with van der Waals surface area (Å²) in [6, 6.07) is 12.2. The molecule has 37 heavy (non-hydrogen) atoms. The number of rotatable bonds is 6. The highest BCUT2D eigenvalue weighted by Gasteiger charge is 2.42. The molecule has 5 rings (SSSR count). The fourth-order valence-corrected chi connectivity index (χ4v) is 7.55. The van der Waals surface area contributed by atoms with Gasteiger partial charge in [0.25, 0.3) is 11.5 Å². The van der Waals surface area contributed by atoms with Crippen LogP contribution in [0.2, 0.25) is 0 Å². The van der Waals surface area contributed by atoms with Crippen molar-refractivity contribution in [3.63, 3.8) is 0 Å². The Hall–Kier alpha value is -3.06. The number of benzene rings is 1. The number of aliphatic hydroxyl groups is 1. The maximum atomic E-state index is 13.5. The van der Waals surface area contributed by atoms with E-state index in [1.807, 2.05) is 31.2 Å². The summed E-state index contributed by atoms with van der Waals surface area (Å²) in [6.45, 7) is 1.92. The Morgan fingerprint density at radius 2 is 2.00 bits per heavy atom. The van der Waals surface area contributed by atoms with Gasteiger partial charge in [-0.15, -0.1) is 0 Å². The molecule has 0 unspecified atom stereocenters. The lowest BCUT2D eigenvalue weighted by molar-refractivity contribution is -0.123. The number of fused-ring (bicyclic) bond motifs is 1. The van der Waals surface area contributed by atoms with Crippen LogP contribution < -0.4 is 10.9 Å². The molecule has 0 saturated carbocycles. The van der Waals surface area contributed by atoms with Crippen molar-refractivity contribution in [2.75, 3.05) is 23.4 Å². The highest BCUT2D eigenvalue weighted by Crippen LogP contribution is 2.36. The van der Waals surface area contributed by atoms with Crippen molar-refractivity contribution in [1.82, 2.24) is 14.3 Å². The molecule has 1 aromatic carbocycles. The minimum Gasteiger partial charge on any atom is -0.387 e. The average Bonchev–Trinajstić information content (AvgIpc) is 3.37. The lowest BCUT2D eigenvalue weighted by Crippen LogP contribution is -2.39. The molecule has 12 heteroatoms. The third-order valence-electron chi connectivity index (χ3n) is 6.40. The van der Waals surface area contributed by atoms with E-state index in [0.29, 0.717) is 17.6 Å². The first-order chi connectivity index (χ1) is 17.6. The van der Waals surface area contributed by atoms with Crippen LogP contribution in [-0.4, -0.2) is 62.1 Å². The van der Waals surface area contributed by atoms with Gasteiger partial charge >= 0.3 is 0 Å². The van der Waals surface area contributed by atoms with E-state index in [4.69, 9.17) is 12.2 Å². The second-order valence-corrected chi connectivity index (χ2v) is 12.9. The Morgan fingerprint density at radius 3 is 2.70 bits per heavy atom. The number of hydrogen-bond donors (Lipinski definition) is 2. The number of aliphatic hydroxyl groups excluding tert-OH is 1. The largest absolute Gasteiger partial charge is 0.387 e. The van der Waals surface area contributed by atoms with Gasteiger partial charge in [0.1, 0.15) is 15.8 Å². The maximum absolute atomic E-state index is 13.5. The van der Waals surface area contributed by atoms with Gasteiger partial charge in [-0.1, -0.05) is 60.4 Å². The number of aryl methyl sites for hydroxylation is 1. The second kappa shape index (κ2) is 10.0. The van der Waals surface area contributed by atoms with Crippen LogP contribution >= 0.6 is 24.0 Å². The van der Waals surface area contributed by atoms with Crippen LogP contribution in [0.15, 0.2) is 58.4 Å². The zero-order valence-corrected chi connectivity index (χ0v) is 22.3. The van der Waals surface area contributed by atoms with Gasteiger partial charge in [0.15, 0.2) is 9.84 Å². The summed E-state index contributed by atoms with van der Waals surface area (Å²) < 4.78 is 25.6. The van der Waals surface area contributed by atoms with Crippen molar-refractivity contribution < 1.29 is 18.3 Å². The van der Waals surface area contributed by atoms with E-state index in [2.05, 4.69) is 10.3 Å².